The molecule has 0 aliphatic rings. The molecule has 2 rings (SSSR count). The van der Waals surface area contributed by atoms with Crippen molar-refractivity contribution in [3.8, 4) is 17.2 Å². The van der Waals surface area contributed by atoms with Gasteiger partial charge in [-0.15, -0.1) is 0 Å². The van der Waals surface area contributed by atoms with Crippen LogP contribution >= 0.6 is 0 Å². The molecule has 0 saturated heterocycles. The Bertz CT molecular complexity index is 770. The van der Waals surface area contributed by atoms with Gasteiger partial charge in [0.1, 0.15) is 0 Å². The number of nitrogens with one attached hydrogen (secondary N) is 1. The standard InChI is InChI=1S/C19H21F2NO4/c1-11(13-5-6-14(20)15(21)10-13)22-18(23)9-12-7-16(24-2)19(26-4)17(8-12)25-3/h5-8,10-11H,9H2,1-4H3,(H,22,23). The van der Waals surface area contributed by atoms with Gasteiger partial charge in [0.2, 0.25) is 11.7 Å². The van der Waals surface area contributed by atoms with E-state index in [-0.39, 0.29) is 12.3 Å². The number of carbonyl (C=O) groups excluding carboxylic acids is 1. The maximum atomic E-state index is 13.3. The molecule has 26 heavy (non-hydrogen) atoms. The molecule has 0 aliphatic carbocycles. The Morgan fingerprint density at radius 1 is 1.00 bits per heavy atom. The van der Waals surface area contributed by atoms with Gasteiger partial charge in [-0.1, -0.05) is 6.07 Å². The van der Waals surface area contributed by atoms with E-state index < -0.39 is 17.7 Å². The van der Waals surface area contributed by atoms with Crippen molar-refractivity contribution in [2.75, 3.05) is 21.3 Å². The van der Waals surface area contributed by atoms with Gasteiger partial charge < -0.3 is 19.5 Å². The Labute approximate surface area is 150 Å². The number of ether oxygens (including phenoxy) is 3. The molecular weight excluding hydrogens is 344 g/mol. The SMILES string of the molecule is COc1cc(CC(=O)NC(C)c2ccc(F)c(F)c2)cc(OC)c1OC. The second-order valence-corrected chi connectivity index (χ2v) is 5.67. The van der Waals surface area contributed by atoms with E-state index in [2.05, 4.69) is 5.32 Å². The van der Waals surface area contributed by atoms with Crippen LogP contribution in [-0.4, -0.2) is 27.2 Å². The average Bonchev–Trinajstić information content (AvgIpc) is 2.62. The first-order valence-corrected chi connectivity index (χ1v) is 7.92. The van der Waals surface area contributed by atoms with Crippen LogP contribution in [0.1, 0.15) is 24.1 Å². The Morgan fingerprint density at radius 3 is 2.12 bits per heavy atom. The molecule has 0 radical (unpaired) electrons. The zero-order valence-electron chi connectivity index (χ0n) is 15.1. The Balaban J connectivity index is 2.12. The molecule has 1 N–H and O–H groups in total. The van der Waals surface area contributed by atoms with E-state index in [9.17, 15) is 13.6 Å². The monoisotopic (exact) mass is 365 g/mol. The van der Waals surface area contributed by atoms with Gasteiger partial charge in [-0.3, -0.25) is 4.79 Å². The maximum absolute atomic E-state index is 13.3. The summed E-state index contributed by atoms with van der Waals surface area (Å²) in [5.74, 6) is -0.824. The molecule has 0 spiro atoms. The third-order valence-electron chi connectivity index (χ3n) is 3.91. The van der Waals surface area contributed by atoms with Crippen LogP contribution in [0.5, 0.6) is 17.2 Å². The van der Waals surface area contributed by atoms with Crippen LogP contribution in [0.3, 0.4) is 0 Å². The van der Waals surface area contributed by atoms with Gasteiger partial charge in [-0.25, -0.2) is 8.78 Å². The van der Waals surface area contributed by atoms with Crippen molar-refractivity contribution in [1.29, 1.82) is 0 Å². The molecule has 1 amide bonds. The molecule has 0 aromatic heterocycles. The summed E-state index contributed by atoms with van der Waals surface area (Å²) in [6.45, 7) is 1.69. The number of carbonyl (C=O) groups is 1. The van der Waals surface area contributed by atoms with Crippen molar-refractivity contribution in [1.82, 2.24) is 5.32 Å². The minimum atomic E-state index is -0.951. The first-order valence-electron chi connectivity index (χ1n) is 7.92. The highest BCUT2D eigenvalue weighted by molar-refractivity contribution is 5.79. The summed E-state index contributed by atoms with van der Waals surface area (Å²) in [4.78, 5) is 12.3. The van der Waals surface area contributed by atoms with Crippen molar-refractivity contribution in [3.05, 3.63) is 53.1 Å². The quantitative estimate of drug-likeness (QED) is 0.817. The lowest BCUT2D eigenvalue weighted by molar-refractivity contribution is -0.121. The number of methoxy groups -OCH3 is 3. The molecule has 2 aromatic rings. The van der Waals surface area contributed by atoms with Crippen LogP contribution in [0.15, 0.2) is 30.3 Å². The van der Waals surface area contributed by atoms with E-state index >= 15 is 0 Å². The van der Waals surface area contributed by atoms with Gasteiger partial charge in [0, 0.05) is 0 Å². The molecule has 1 unspecified atom stereocenters. The molecule has 5 nitrogen and oxygen atoms in total. The first-order chi connectivity index (χ1) is 12.4. The molecule has 0 fully saturated rings. The number of benzene rings is 2. The Morgan fingerprint density at radius 2 is 1.62 bits per heavy atom. The van der Waals surface area contributed by atoms with Gasteiger partial charge in [-0.05, 0) is 42.3 Å². The molecule has 2 aromatic carbocycles. The fourth-order valence-corrected chi connectivity index (χ4v) is 2.58. The van der Waals surface area contributed by atoms with Crippen LogP contribution in [-0.2, 0) is 11.2 Å². The highest BCUT2D eigenvalue weighted by Gasteiger charge is 2.16. The van der Waals surface area contributed by atoms with E-state index in [0.717, 1.165) is 12.1 Å². The minimum Gasteiger partial charge on any atom is -0.493 e. The van der Waals surface area contributed by atoms with Crippen molar-refractivity contribution < 1.29 is 27.8 Å². The van der Waals surface area contributed by atoms with Crippen LogP contribution in [0.2, 0.25) is 0 Å². The number of amides is 1. The fourth-order valence-electron chi connectivity index (χ4n) is 2.58. The lowest BCUT2D eigenvalue weighted by Crippen LogP contribution is -2.28. The van der Waals surface area contributed by atoms with Crippen molar-refractivity contribution in [3.63, 3.8) is 0 Å². The molecule has 0 heterocycles. The van der Waals surface area contributed by atoms with Gasteiger partial charge in [0.05, 0.1) is 33.8 Å². The van der Waals surface area contributed by atoms with Crippen LogP contribution in [0.4, 0.5) is 8.78 Å². The summed E-state index contributed by atoms with van der Waals surface area (Å²) in [5.41, 5.74) is 1.14. The van der Waals surface area contributed by atoms with Gasteiger partial charge in [-0.2, -0.15) is 0 Å². The summed E-state index contributed by atoms with van der Waals surface area (Å²) in [6.07, 6.45) is 0.0602. The van der Waals surface area contributed by atoms with E-state index in [4.69, 9.17) is 14.2 Å². The molecule has 7 heteroatoms. The second-order valence-electron chi connectivity index (χ2n) is 5.67. The largest absolute Gasteiger partial charge is 0.493 e. The number of rotatable bonds is 7. The predicted molar refractivity (Wildman–Crippen MR) is 92.7 cm³/mol. The van der Waals surface area contributed by atoms with E-state index in [1.165, 1.54) is 27.4 Å². The summed E-state index contributed by atoms with van der Waals surface area (Å²) >= 11 is 0. The molecular formula is C19H21F2NO4. The van der Waals surface area contributed by atoms with Gasteiger partial charge in [0.15, 0.2) is 23.1 Å². The van der Waals surface area contributed by atoms with Crippen LogP contribution < -0.4 is 19.5 Å². The predicted octanol–water partition coefficient (Wildman–Crippen LogP) is 3.41. The Kier molecular flexibility index (Phi) is 6.38. The van der Waals surface area contributed by atoms with Crippen LogP contribution in [0.25, 0.3) is 0 Å². The highest BCUT2D eigenvalue weighted by Crippen LogP contribution is 2.38. The smallest absolute Gasteiger partial charge is 0.224 e. The number of hydrogen-bond donors (Lipinski definition) is 1. The topological polar surface area (TPSA) is 56.8 Å². The van der Waals surface area contributed by atoms with Crippen molar-refractivity contribution in [2.24, 2.45) is 0 Å². The second kappa shape index (κ2) is 8.51. The minimum absolute atomic E-state index is 0.0602. The van der Waals surface area contributed by atoms with E-state index in [0.29, 0.717) is 28.4 Å². The summed E-state index contributed by atoms with van der Waals surface area (Å²) in [7, 11) is 4.48. The molecule has 0 saturated carbocycles. The summed E-state index contributed by atoms with van der Waals surface area (Å²) < 4.78 is 42.1. The van der Waals surface area contributed by atoms with Gasteiger partial charge >= 0.3 is 0 Å². The van der Waals surface area contributed by atoms with Crippen LogP contribution in [0, 0.1) is 11.6 Å². The number of halogens is 2. The average molecular weight is 365 g/mol. The Hall–Kier alpha value is -2.83. The number of hydrogen-bond acceptors (Lipinski definition) is 4. The zero-order chi connectivity index (χ0) is 19.3. The van der Waals surface area contributed by atoms with Crippen molar-refractivity contribution in [2.45, 2.75) is 19.4 Å². The third kappa shape index (κ3) is 4.41. The normalized spacial score (nSPS) is 11.6. The molecule has 1 atom stereocenters. The highest BCUT2D eigenvalue weighted by atomic mass is 19.2. The fraction of sp³-hybridized carbons (Fsp3) is 0.316. The van der Waals surface area contributed by atoms with E-state index in [1.807, 2.05) is 0 Å². The summed E-state index contributed by atoms with van der Waals surface area (Å²) in [6, 6.07) is 6.43. The maximum Gasteiger partial charge on any atom is 0.224 e. The lowest BCUT2D eigenvalue weighted by Gasteiger charge is -2.16. The zero-order valence-corrected chi connectivity index (χ0v) is 15.1. The molecule has 0 bridgehead atoms. The van der Waals surface area contributed by atoms with Gasteiger partial charge in [0.25, 0.3) is 0 Å². The molecule has 0 aliphatic heterocycles. The lowest BCUT2D eigenvalue weighted by atomic mass is 10.1. The third-order valence-corrected chi connectivity index (χ3v) is 3.91. The summed E-state index contributed by atoms with van der Waals surface area (Å²) in [5, 5.41) is 2.75. The molecule has 140 valence electrons. The first kappa shape index (κ1) is 19.5. The van der Waals surface area contributed by atoms with E-state index in [1.54, 1.807) is 19.1 Å². The van der Waals surface area contributed by atoms with Crippen molar-refractivity contribution >= 4 is 5.91 Å².